The quantitative estimate of drug-likeness (QED) is 0.872. The smallest absolute Gasteiger partial charge is 0.314 e. The highest BCUT2D eigenvalue weighted by molar-refractivity contribution is 5.85. The van der Waals surface area contributed by atoms with E-state index < -0.39 is 11.4 Å². The minimum absolute atomic E-state index is 0.113. The van der Waals surface area contributed by atoms with Crippen LogP contribution in [0.25, 0.3) is 0 Å². The third kappa shape index (κ3) is 1.69. The Labute approximate surface area is 107 Å². The van der Waals surface area contributed by atoms with Gasteiger partial charge in [-0.2, -0.15) is 0 Å². The lowest BCUT2D eigenvalue weighted by molar-refractivity contribution is -0.140. The van der Waals surface area contributed by atoms with Gasteiger partial charge in [0.1, 0.15) is 11.4 Å². The first kappa shape index (κ1) is 11.6. The Hall–Kier alpha value is -1.51. The van der Waals surface area contributed by atoms with Crippen LogP contribution in [0.1, 0.15) is 44.2 Å². The van der Waals surface area contributed by atoms with Crippen molar-refractivity contribution >= 4 is 5.97 Å². The Morgan fingerprint density at radius 1 is 1.28 bits per heavy atom. The molecule has 1 N–H and O–H groups in total. The van der Waals surface area contributed by atoms with Crippen LogP contribution in [0.5, 0.6) is 5.75 Å². The molecule has 1 aliphatic carbocycles. The van der Waals surface area contributed by atoms with E-state index in [4.69, 9.17) is 4.74 Å². The third-order valence-corrected chi connectivity index (χ3v) is 4.16. The van der Waals surface area contributed by atoms with E-state index in [1.54, 1.807) is 0 Å². The molecule has 3 heteroatoms. The second-order valence-electron chi connectivity index (χ2n) is 6.07. The van der Waals surface area contributed by atoms with Gasteiger partial charge >= 0.3 is 5.97 Å². The molecule has 0 saturated heterocycles. The number of rotatable bonds is 2. The van der Waals surface area contributed by atoms with Crippen molar-refractivity contribution in [2.45, 2.75) is 50.5 Å². The number of carboxylic acid groups (broad SMARTS) is 1. The van der Waals surface area contributed by atoms with E-state index in [0.717, 1.165) is 42.6 Å². The van der Waals surface area contributed by atoms with Crippen molar-refractivity contribution in [1.82, 2.24) is 0 Å². The van der Waals surface area contributed by atoms with Crippen LogP contribution in [0.3, 0.4) is 0 Å². The van der Waals surface area contributed by atoms with E-state index in [9.17, 15) is 9.90 Å². The first-order valence-electron chi connectivity index (χ1n) is 6.49. The van der Waals surface area contributed by atoms with Gasteiger partial charge in [0, 0.05) is 0 Å². The standard InChI is InChI=1S/C15H18O3/c1-14(2)6-5-10-9-11(3-4-12(10)18-14)15(7-8-15)13(16)17/h3-4,9H,5-8H2,1-2H3,(H,16,17). The Balaban J connectivity index is 1.96. The molecule has 0 radical (unpaired) electrons. The Morgan fingerprint density at radius 3 is 2.61 bits per heavy atom. The van der Waals surface area contributed by atoms with Gasteiger partial charge in [-0.3, -0.25) is 4.79 Å². The molecule has 96 valence electrons. The summed E-state index contributed by atoms with van der Waals surface area (Å²) < 4.78 is 5.92. The maximum absolute atomic E-state index is 11.3. The number of fused-ring (bicyclic) bond motifs is 1. The number of ether oxygens (including phenoxy) is 1. The normalized spacial score (nSPS) is 22.8. The van der Waals surface area contributed by atoms with Crippen LogP contribution in [0.15, 0.2) is 18.2 Å². The number of aliphatic carboxylic acids is 1. The zero-order chi connectivity index (χ0) is 13.0. The Kier molecular flexibility index (Phi) is 2.25. The molecule has 1 heterocycles. The highest BCUT2D eigenvalue weighted by Crippen LogP contribution is 2.49. The fourth-order valence-corrected chi connectivity index (χ4v) is 2.71. The summed E-state index contributed by atoms with van der Waals surface area (Å²) in [7, 11) is 0. The van der Waals surface area contributed by atoms with Crippen LogP contribution in [0.2, 0.25) is 0 Å². The van der Waals surface area contributed by atoms with Gasteiger partial charge in [0.15, 0.2) is 0 Å². The molecule has 18 heavy (non-hydrogen) atoms. The maximum Gasteiger partial charge on any atom is 0.314 e. The molecule has 0 bridgehead atoms. The topological polar surface area (TPSA) is 46.5 Å². The van der Waals surface area contributed by atoms with Gasteiger partial charge in [0.2, 0.25) is 0 Å². The molecule has 3 nitrogen and oxygen atoms in total. The molecule has 1 aliphatic heterocycles. The summed E-state index contributed by atoms with van der Waals surface area (Å²) >= 11 is 0. The van der Waals surface area contributed by atoms with E-state index >= 15 is 0 Å². The minimum atomic E-state index is -0.695. The Bertz CT molecular complexity index is 512. The van der Waals surface area contributed by atoms with E-state index in [1.165, 1.54) is 0 Å². The SMILES string of the molecule is CC1(C)CCc2cc(C3(C(=O)O)CC3)ccc2O1. The van der Waals surface area contributed by atoms with Crippen molar-refractivity contribution in [3.8, 4) is 5.75 Å². The monoisotopic (exact) mass is 246 g/mol. The van der Waals surface area contributed by atoms with Crippen molar-refractivity contribution < 1.29 is 14.6 Å². The van der Waals surface area contributed by atoms with Crippen LogP contribution in [0, 0.1) is 0 Å². The summed E-state index contributed by atoms with van der Waals surface area (Å²) in [6, 6.07) is 5.89. The van der Waals surface area contributed by atoms with Crippen LogP contribution >= 0.6 is 0 Å². The number of benzene rings is 1. The lowest BCUT2D eigenvalue weighted by Gasteiger charge is -2.33. The fraction of sp³-hybridized carbons (Fsp3) is 0.533. The molecule has 1 aromatic rings. The average molecular weight is 246 g/mol. The van der Waals surface area contributed by atoms with Crippen LogP contribution < -0.4 is 4.74 Å². The van der Waals surface area contributed by atoms with E-state index in [1.807, 2.05) is 18.2 Å². The fourth-order valence-electron chi connectivity index (χ4n) is 2.71. The minimum Gasteiger partial charge on any atom is -0.488 e. The summed E-state index contributed by atoms with van der Waals surface area (Å²) in [6.45, 7) is 4.17. The van der Waals surface area contributed by atoms with Gasteiger partial charge in [0.25, 0.3) is 0 Å². The zero-order valence-corrected chi connectivity index (χ0v) is 10.8. The second kappa shape index (κ2) is 3.50. The number of hydrogen-bond donors (Lipinski definition) is 1. The molecule has 1 fully saturated rings. The van der Waals surface area contributed by atoms with Gasteiger partial charge < -0.3 is 9.84 Å². The van der Waals surface area contributed by atoms with Crippen LogP contribution in [-0.2, 0) is 16.6 Å². The molecular weight excluding hydrogens is 228 g/mol. The Morgan fingerprint density at radius 2 is 2.00 bits per heavy atom. The maximum atomic E-state index is 11.3. The van der Waals surface area contributed by atoms with Crippen LogP contribution in [0.4, 0.5) is 0 Å². The van der Waals surface area contributed by atoms with Crippen molar-refractivity contribution in [2.75, 3.05) is 0 Å². The first-order valence-corrected chi connectivity index (χ1v) is 6.49. The lowest BCUT2D eigenvalue weighted by atomic mass is 9.89. The average Bonchev–Trinajstić information content (AvgIpc) is 3.08. The highest BCUT2D eigenvalue weighted by atomic mass is 16.5. The molecule has 1 aromatic carbocycles. The summed E-state index contributed by atoms with van der Waals surface area (Å²) in [6.07, 6.45) is 3.45. The number of hydrogen-bond acceptors (Lipinski definition) is 2. The van der Waals surface area contributed by atoms with E-state index in [0.29, 0.717) is 0 Å². The number of aryl methyl sites for hydroxylation is 1. The predicted molar refractivity (Wildman–Crippen MR) is 68.0 cm³/mol. The van der Waals surface area contributed by atoms with Crippen LogP contribution in [-0.4, -0.2) is 16.7 Å². The molecule has 0 unspecified atom stereocenters. The highest BCUT2D eigenvalue weighted by Gasteiger charge is 2.52. The lowest BCUT2D eigenvalue weighted by Crippen LogP contribution is -2.32. The van der Waals surface area contributed by atoms with Crippen molar-refractivity contribution in [1.29, 1.82) is 0 Å². The molecule has 2 aliphatic rings. The van der Waals surface area contributed by atoms with E-state index in [-0.39, 0.29) is 5.60 Å². The summed E-state index contributed by atoms with van der Waals surface area (Å²) in [5.41, 5.74) is 1.37. The summed E-state index contributed by atoms with van der Waals surface area (Å²) in [4.78, 5) is 11.3. The zero-order valence-electron chi connectivity index (χ0n) is 10.8. The molecule has 1 saturated carbocycles. The summed E-state index contributed by atoms with van der Waals surface area (Å²) in [5.74, 6) is 0.218. The molecule has 0 spiro atoms. The molecular formula is C15H18O3. The van der Waals surface area contributed by atoms with Gasteiger partial charge in [-0.25, -0.2) is 0 Å². The van der Waals surface area contributed by atoms with Gasteiger partial charge in [-0.1, -0.05) is 12.1 Å². The van der Waals surface area contributed by atoms with E-state index in [2.05, 4.69) is 13.8 Å². The molecule has 0 aromatic heterocycles. The molecule has 0 amide bonds. The van der Waals surface area contributed by atoms with Crippen molar-refractivity contribution in [3.63, 3.8) is 0 Å². The molecule has 3 rings (SSSR count). The van der Waals surface area contributed by atoms with Gasteiger partial charge in [0.05, 0.1) is 5.41 Å². The van der Waals surface area contributed by atoms with Gasteiger partial charge in [-0.05, 0) is 56.7 Å². The predicted octanol–water partition coefficient (Wildman–Crippen LogP) is 2.91. The third-order valence-electron chi connectivity index (χ3n) is 4.16. The first-order chi connectivity index (χ1) is 8.43. The summed E-state index contributed by atoms with van der Waals surface area (Å²) in [5, 5.41) is 9.31. The number of carbonyl (C=O) groups is 1. The second-order valence-corrected chi connectivity index (χ2v) is 6.07. The number of carboxylic acids is 1. The van der Waals surface area contributed by atoms with Gasteiger partial charge in [-0.15, -0.1) is 0 Å². The van der Waals surface area contributed by atoms with Crippen molar-refractivity contribution in [2.24, 2.45) is 0 Å². The largest absolute Gasteiger partial charge is 0.488 e. The van der Waals surface area contributed by atoms with Crippen molar-refractivity contribution in [3.05, 3.63) is 29.3 Å². The molecule has 0 atom stereocenters.